The second kappa shape index (κ2) is 8.28. The number of hydrogen-bond donors (Lipinski definition) is 1. The van der Waals surface area contributed by atoms with E-state index in [4.69, 9.17) is 9.84 Å². The van der Waals surface area contributed by atoms with E-state index in [0.29, 0.717) is 13.0 Å². The van der Waals surface area contributed by atoms with Crippen LogP contribution in [-0.2, 0) is 20.7 Å². The molecule has 1 aromatic carbocycles. The molecule has 1 rings (SSSR count). The standard InChI is InChI=1S/C14H18O4/c15-13(16)9-4-10-14(17)18-11-5-8-12-6-2-1-3-7-12/h1-3,6-7H,4-5,8-11H2,(H,15,16). The fraction of sp³-hybridized carbons (Fsp3) is 0.429. The van der Waals surface area contributed by atoms with Crippen molar-refractivity contribution in [3.8, 4) is 0 Å². The molecule has 0 spiro atoms. The number of carboxylic acid groups (broad SMARTS) is 1. The third-order valence-electron chi connectivity index (χ3n) is 2.49. The number of carboxylic acids is 1. The summed E-state index contributed by atoms with van der Waals surface area (Å²) in [4.78, 5) is 21.5. The maximum absolute atomic E-state index is 11.2. The highest BCUT2D eigenvalue weighted by atomic mass is 16.5. The number of hydrogen-bond acceptors (Lipinski definition) is 3. The van der Waals surface area contributed by atoms with Gasteiger partial charge < -0.3 is 9.84 Å². The van der Waals surface area contributed by atoms with E-state index in [1.54, 1.807) is 0 Å². The maximum atomic E-state index is 11.2. The van der Waals surface area contributed by atoms with E-state index in [1.165, 1.54) is 5.56 Å². The second-order valence-electron chi connectivity index (χ2n) is 4.06. The molecule has 0 bridgehead atoms. The first-order valence-corrected chi connectivity index (χ1v) is 6.10. The highest BCUT2D eigenvalue weighted by Crippen LogP contribution is 2.03. The van der Waals surface area contributed by atoms with Crippen LogP contribution >= 0.6 is 0 Å². The Balaban J connectivity index is 2.04. The molecule has 1 N–H and O–H groups in total. The van der Waals surface area contributed by atoms with Crippen molar-refractivity contribution in [2.75, 3.05) is 6.61 Å². The van der Waals surface area contributed by atoms with Crippen molar-refractivity contribution in [1.82, 2.24) is 0 Å². The molecule has 0 unspecified atom stereocenters. The van der Waals surface area contributed by atoms with Crippen molar-refractivity contribution in [3.63, 3.8) is 0 Å². The van der Waals surface area contributed by atoms with Gasteiger partial charge in [0.05, 0.1) is 6.61 Å². The summed E-state index contributed by atoms with van der Waals surface area (Å²) in [6.07, 6.45) is 2.20. The lowest BCUT2D eigenvalue weighted by Gasteiger charge is -2.04. The molecule has 0 radical (unpaired) electrons. The van der Waals surface area contributed by atoms with Crippen LogP contribution < -0.4 is 0 Å². The van der Waals surface area contributed by atoms with Crippen molar-refractivity contribution >= 4 is 11.9 Å². The molecule has 0 aliphatic rings. The van der Waals surface area contributed by atoms with Crippen LogP contribution in [0.3, 0.4) is 0 Å². The van der Waals surface area contributed by atoms with Gasteiger partial charge in [0.15, 0.2) is 0 Å². The first-order valence-electron chi connectivity index (χ1n) is 6.10. The zero-order chi connectivity index (χ0) is 13.2. The Morgan fingerprint density at radius 3 is 2.44 bits per heavy atom. The predicted molar refractivity (Wildman–Crippen MR) is 67.2 cm³/mol. The molecule has 18 heavy (non-hydrogen) atoms. The van der Waals surface area contributed by atoms with Gasteiger partial charge in [-0.2, -0.15) is 0 Å². The number of ether oxygens (including phenoxy) is 1. The number of carbonyl (C=O) groups is 2. The molecule has 0 saturated carbocycles. The van der Waals surface area contributed by atoms with Gasteiger partial charge in [0, 0.05) is 12.8 Å². The van der Waals surface area contributed by atoms with E-state index in [2.05, 4.69) is 0 Å². The van der Waals surface area contributed by atoms with Gasteiger partial charge in [-0.3, -0.25) is 9.59 Å². The van der Waals surface area contributed by atoms with Gasteiger partial charge >= 0.3 is 11.9 Å². The molecule has 1 aromatic rings. The van der Waals surface area contributed by atoms with E-state index in [1.807, 2.05) is 30.3 Å². The van der Waals surface area contributed by atoms with Gasteiger partial charge in [-0.25, -0.2) is 0 Å². The molecule has 0 saturated heterocycles. The highest BCUT2D eigenvalue weighted by Gasteiger charge is 2.04. The average molecular weight is 250 g/mol. The van der Waals surface area contributed by atoms with Gasteiger partial charge in [0.2, 0.25) is 0 Å². The van der Waals surface area contributed by atoms with Crippen LogP contribution in [0.4, 0.5) is 0 Å². The number of carbonyl (C=O) groups excluding carboxylic acids is 1. The number of esters is 1. The Bertz CT molecular complexity index is 373. The van der Waals surface area contributed by atoms with Crippen molar-refractivity contribution < 1.29 is 19.4 Å². The summed E-state index contributed by atoms with van der Waals surface area (Å²) in [7, 11) is 0. The predicted octanol–water partition coefficient (Wildman–Crippen LogP) is 2.42. The van der Waals surface area contributed by atoms with Crippen LogP contribution in [0.2, 0.25) is 0 Å². The first kappa shape index (κ1) is 14.2. The minimum atomic E-state index is -0.883. The summed E-state index contributed by atoms with van der Waals surface area (Å²) in [6, 6.07) is 10.00. The number of benzene rings is 1. The Hall–Kier alpha value is -1.84. The van der Waals surface area contributed by atoms with Gasteiger partial charge in [-0.15, -0.1) is 0 Å². The zero-order valence-corrected chi connectivity index (χ0v) is 10.3. The van der Waals surface area contributed by atoms with E-state index < -0.39 is 5.97 Å². The number of aliphatic carboxylic acids is 1. The third-order valence-corrected chi connectivity index (χ3v) is 2.49. The fourth-order valence-corrected chi connectivity index (χ4v) is 1.56. The van der Waals surface area contributed by atoms with Crippen molar-refractivity contribution in [2.45, 2.75) is 32.1 Å². The van der Waals surface area contributed by atoms with E-state index in [-0.39, 0.29) is 18.8 Å². The van der Waals surface area contributed by atoms with Gasteiger partial charge in [-0.05, 0) is 24.8 Å². The Kier molecular flexibility index (Phi) is 6.54. The van der Waals surface area contributed by atoms with Crippen LogP contribution in [0.25, 0.3) is 0 Å². The molecule has 0 aliphatic heterocycles. The van der Waals surface area contributed by atoms with Crippen LogP contribution in [0, 0.1) is 0 Å². The fourth-order valence-electron chi connectivity index (χ4n) is 1.56. The highest BCUT2D eigenvalue weighted by molar-refractivity contribution is 5.71. The SMILES string of the molecule is O=C(O)CCCC(=O)OCCCc1ccccc1. The molecular formula is C14H18O4. The van der Waals surface area contributed by atoms with Gasteiger partial charge in [0.25, 0.3) is 0 Å². The summed E-state index contributed by atoms with van der Waals surface area (Å²) in [5, 5.41) is 8.41. The first-order chi connectivity index (χ1) is 8.68. The van der Waals surface area contributed by atoms with E-state index >= 15 is 0 Å². The summed E-state index contributed by atoms with van der Waals surface area (Å²) in [5.74, 6) is -1.20. The normalized spacial score (nSPS) is 10.0. The van der Waals surface area contributed by atoms with Crippen molar-refractivity contribution in [1.29, 1.82) is 0 Å². The molecule has 0 heterocycles. The molecule has 0 aromatic heterocycles. The number of rotatable bonds is 8. The Morgan fingerprint density at radius 1 is 1.06 bits per heavy atom. The zero-order valence-electron chi connectivity index (χ0n) is 10.3. The molecule has 98 valence electrons. The number of aryl methyl sites for hydroxylation is 1. The average Bonchev–Trinajstić information content (AvgIpc) is 2.35. The molecular weight excluding hydrogens is 232 g/mol. The van der Waals surface area contributed by atoms with E-state index in [9.17, 15) is 9.59 Å². The van der Waals surface area contributed by atoms with Crippen LogP contribution in [0.5, 0.6) is 0 Å². The molecule has 0 fully saturated rings. The monoisotopic (exact) mass is 250 g/mol. The molecule has 0 amide bonds. The molecule has 0 aliphatic carbocycles. The summed E-state index contributed by atoms with van der Waals surface area (Å²) < 4.78 is 5.01. The van der Waals surface area contributed by atoms with Crippen molar-refractivity contribution in [3.05, 3.63) is 35.9 Å². The minimum absolute atomic E-state index is 0.0130. The molecule has 4 heteroatoms. The lowest BCUT2D eigenvalue weighted by Crippen LogP contribution is -2.07. The maximum Gasteiger partial charge on any atom is 0.305 e. The van der Waals surface area contributed by atoms with Crippen LogP contribution in [0.15, 0.2) is 30.3 Å². The second-order valence-corrected chi connectivity index (χ2v) is 4.06. The Labute approximate surface area is 107 Å². The van der Waals surface area contributed by atoms with Gasteiger partial charge in [-0.1, -0.05) is 30.3 Å². The quantitative estimate of drug-likeness (QED) is 0.568. The molecule has 4 nitrogen and oxygen atoms in total. The smallest absolute Gasteiger partial charge is 0.305 e. The summed E-state index contributed by atoms with van der Waals surface area (Å²) in [6.45, 7) is 0.390. The Morgan fingerprint density at radius 2 is 1.78 bits per heavy atom. The largest absolute Gasteiger partial charge is 0.481 e. The minimum Gasteiger partial charge on any atom is -0.481 e. The van der Waals surface area contributed by atoms with Crippen molar-refractivity contribution in [2.24, 2.45) is 0 Å². The summed E-state index contributed by atoms with van der Waals surface area (Å²) >= 11 is 0. The lowest BCUT2D eigenvalue weighted by molar-refractivity contribution is -0.144. The lowest BCUT2D eigenvalue weighted by atomic mass is 10.1. The topological polar surface area (TPSA) is 63.6 Å². The van der Waals surface area contributed by atoms with Gasteiger partial charge in [0.1, 0.15) is 0 Å². The third kappa shape index (κ3) is 6.68. The van der Waals surface area contributed by atoms with Crippen LogP contribution in [-0.4, -0.2) is 23.7 Å². The summed E-state index contributed by atoms with van der Waals surface area (Å²) in [5.41, 5.74) is 1.22. The molecule has 0 atom stereocenters. The van der Waals surface area contributed by atoms with E-state index in [0.717, 1.165) is 12.8 Å². The van der Waals surface area contributed by atoms with Crippen LogP contribution in [0.1, 0.15) is 31.2 Å².